The molecule has 0 fully saturated rings. The first kappa shape index (κ1) is 13.6. The topological polar surface area (TPSA) is 60.0 Å². The van der Waals surface area contributed by atoms with Crippen LogP contribution in [0.1, 0.15) is 17.1 Å². The monoisotopic (exact) mass is 277 g/mol. The molecule has 0 aromatic carbocycles. The molecule has 1 N–H and O–H groups in total. The molecule has 0 radical (unpaired) electrons. The van der Waals surface area contributed by atoms with Crippen molar-refractivity contribution in [3.8, 4) is 5.88 Å². The molecule has 0 atom stereocenters. The van der Waals surface area contributed by atoms with E-state index in [1.165, 1.54) is 0 Å². The van der Waals surface area contributed by atoms with E-state index in [1.54, 1.807) is 26.5 Å². The average Bonchev–Trinajstić information content (AvgIpc) is 2.39. The number of nitrogens with one attached hydrogen (secondary N) is 1. The third-order valence-electron chi connectivity index (χ3n) is 2.53. The largest absolute Gasteiger partial charge is 0.481 e. The van der Waals surface area contributed by atoms with Crippen molar-refractivity contribution in [2.24, 2.45) is 0 Å². The van der Waals surface area contributed by atoms with Crippen molar-refractivity contribution >= 4 is 12.2 Å². The van der Waals surface area contributed by atoms with Gasteiger partial charge in [-0.15, -0.1) is 0 Å². The molecule has 0 aliphatic carbocycles. The standard InChI is InChI=1S/C13H15N3O2S/c1-17-8-10-6-13(19)16-11(15-10)5-9-3-4-12(18-2)14-7-9/h3-4,6-7H,5,8H2,1-2H3,(H,15,16,19). The minimum Gasteiger partial charge on any atom is -0.481 e. The van der Waals surface area contributed by atoms with Gasteiger partial charge in [-0.05, 0) is 11.6 Å². The van der Waals surface area contributed by atoms with Crippen LogP contribution in [-0.4, -0.2) is 29.2 Å². The maximum atomic E-state index is 5.13. The van der Waals surface area contributed by atoms with Gasteiger partial charge in [0.1, 0.15) is 10.5 Å². The van der Waals surface area contributed by atoms with E-state index in [-0.39, 0.29) is 0 Å². The third kappa shape index (κ3) is 3.84. The van der Waals surface area contributed by atoms with E-state index in [1.807, 2.05) is 12.1 Å². The van der Waals surface area contributed by atoms with Crippen LogP contribution in [0.3, 0.4) is 0 Å². The smallest absolute Gasteiger partial charge is 0.212 e. The summed E-state index contributed by atoms with van der Waals surface area (Å²) in [6.07, 6.45) is 2.40. The maximum Gasteiger partial charge on any atom is 0.212 e. The highest BCUT2D eigenvalue weighted by Crippen LogP contribution is 2.10. The lowest BCUT2D eigenvalue weighted by molar-refractivity contribution is 0.181. The number of methoxy groups -OCH3 is 2. The highest BCUT2D eigenvalue weighted by Gasteiger charge is 2.02. The molecule has 19 heavy (non-hydrogen) atoms. The lowest BCUT2D eigenvalue weighted by Gasteiger charge is -2.06. The molecule has 100 valence electrons. The fourth-order valence-electron chi connectivity index (χ4n) is 1.71. The van der Waals surface area contributed by atoms with Crippen molar-refractivity contribution in [1.82, 2.24) is 15.0 Å². The van der Waals surface area contributed by atoms with Crippen molar-refractivity contribution in [3.63, 3.8) is 0 Å². The van der Waals surface area contributed by atoms with Gasteiger partial charge in [-0.3, -0.25) is 0 Å². The summed E-state index contributed by atoms with van der Waals surface area (Å²) in [5, 5.41) is 0. The Bertz CT molecular complexity index is 596. The van der Waals surface area contributed by atoms with Crippen molar-refractivity contribution in [2.75, 3.05) is 14.2 Å². The quantitative estimate of drug-likeness (QED) is 0.850. The summed E-state index contributed by atoms with van der Waals surface area (Å²) in [5.41, 5.74) is 1.95. The number of nitrogens with zero attached hydrogens (tertiary/aromatic N) is 2. The highest BCUT2D eigenvalue weighted by molar-refractivity contribution is 7.71. The number of aromatic amines is 1. The molecule has 2 aromatic heterocycles. The summed E-state index contributed by atoms with van der Waals surface area (Å²) >= 11 is 5.13. The molecule has 2 rings (SSSR count). The van der Waals surface area contributed by atoms with E-state index >= 15 is 0 Å². The first-order valence-electron chi connectivity index (χ1n) is 5.78. The molecule has 0 aliphatic heterocycles. The van der Waals surface area contributed by atoms with Gasteiger partial charge in [0.25, 0.3) is 0 Å². The Kier molecular flexibility index (Phi) is 4.59. The van der Waals surface area contributed by atoms with Crippen LogP contribution in [0.4, 0.5) is 0 Å². The molecule has 2 aromatic rings. The van der Waals surface area contributed by atoms with Gasteiger partial charge in [-0.25, -0.2) is 9.97 Å². The number of rotatable bonds is 5. The molecule has 0 bridgehead atoms. The SMILES string of the molecule is COCc1cc(=S)nc(Cc2ccc(OC)nc2)[nH]1. The van der Waals surface area contributed by atoms with Crippen molar-refractivity contribution in [2.45, 2.75) is 13.0 Å². The summed E-state index contributed by atoms with van der Waals surface area (Å²) < 4.78 is 10.7. The van der Waals surface area contributed by atoms with Gasteiger partial charge in [0.05, 0.1) is 13.7 Å². The van der Waals surface area contributed by atoms with Gasteiger partial charge in [0.2, 0.25) is 5.88 Å². The number of ether oxygens (including phenoxy) is 2. The fraction of sp³-hybridized carbons (Fsp3) is 0.308. The fourth-order valence-corrected chi connectivity index (χ4v) is 1.96. The van der Waals surface area contributed by atoms with E-state index in [0.717, 1.165) is 17.1 Å². The maximum absolute atomic E-state index is 5.13. The molecule has 0 unspecified atom stereocenters. The molecule has 5 nitrogen and oxygen atoms in total. The Hall–Kier alpha value is -1.79. The van der Waals surface area contributed by atoms with E-state index < -0.39 is 0 Å². The zero-order chi connectivity index (χ0) is 13.7. The number of hydrogen-bond donors (Lipinski definition) is 1. The van der Waals surface area contributed by atoms with Crippen LogP contribution in [0.15, 0.2) is 24.4 Å². The molecule has 6 heteroatoms. The van der Waals surface area contributed by atoms with Crippen molar-refractivity contribution in [1.29, 1.82) is 0 Å². The molecule has 0 aliphatic rings. The zero-order valence-corrected chi connectivity index (χ0v) is 11.7. The van der Waals surface area contributed by atoms with Crippen LogP contribution in [0.2, 0.25) is 0 Å². The summed E-state index contributed by atoms with van der Waals surface area (Å²) in [7, 11) is 3.24. The van der Waals surface area contributed by atoms with Crippen LogP contribution >= 0.6 is 12.2 Å². The van der Waals surface area contributed by atoms with Gasteiger partial charge in [-0.2, -0.15) is 0 Å². The van der Waals surface area contributed by atoms with Crippen molar-refractivity contribution in [3.05, 3.63) is 46.1 Å². The van der Waals surface area contributed by atoms with Gasteiger partial charge < -0.3 is 14.5 Å². The van der Waals surface area contributed by atoms with Gasteiger partial charge in [0, 0.05) is 31.5 Å². The van der Waals surface area contributed by atoms with Gasteiger partial charge in [-0.1, -0.05) is 18.3 Å². The number of hydrogen-bond acceptors (Lipinski definition) is 5. The normalized spacial score (nSPS) is 10.4. The Labute approximate surface area is 116 Å². The van der Waals surface area contributed by atoms with Gasteiger partial charge >= 0.3 is 0 Å². The number of H-pyrrole nitrogens is 1. The highest BCUT2D eigenvalue weighted by atomic mass is 32.1. The summed E-state index contributed by atoms with van der Waals surface area (Å²) in [4.78, 5) is 11.7. The Balaban J connectivity index is 2.19. The van der Waals surface area contributed by atoms with Crippen molar-refractivity contribution < 1.29 is 9.47 Å². The zero-order valence-electron chi connectivity index (χ0n) is 10.8. The Morgan fingerprint density at radius 2 is 2.16 bits per heavy atom. The van der Waals surface area contributed by atoms with E-state index in [2.05, 4.69) is 15.0 Å². The number of aromatic nitrogens is 3. The minimum atomic E-state index is 0.486. The lowest BCUT2D eigenvalue weighted by Crippen LogP contribution is -2.02. The van der Waals surface area contributed by atoms with Crippen LogP contribution in [-0.2, 0) is 17.8 Å². The van der Waals surface area contributed by atoms with Crippen LogP contribution < -0.4 is 4.74 Å². The third-order valence-corrected chi connectivity index (χ3v) is 2.73. The summed E-state index contributed by atoms with van der Waals surface area (Å²) in [6.45, 7) is 0.486. The molecule has 0 saturated heterocycles. The summed E-state index contributed by atoms with van der Waals surface area (Å²) in [5.74, 6) is 1.39. The van der Waals surface area contributed by atoms with Crippen LogP contribution in [0.5, 0.6) is 5.88 Å². The van der Waals surface area contributed by atoms with Crippen LogP contribution in [0.25, 0.3) is 0 Å². The number of pyridine rings is 1. The second-order valence-electron chi connectivity index (χ2n) is 4.01. The van der Waals surface area contributed by atoms with E-state index in [0.29, 0.717) is 23.5 Å². The predicted molar refractivity (Wildman–Crippen MR) is 73.7 cm³/mol. The van der Waals surface area contributed by atoms with E-state index in [4.69, 9.17) is 21.7 Å². The first-order valence-corrected chi connectivity index (χ1v) is 6.19. The lowest BCUT2D eigenvalue weighted by atomic mass is 10.2. The van der Waals surface area contributed by atoms with Gasteiger partial charge in [0.15, 0.2) is 0 Å². The Morgan fingerprint density at radius 1 is 1.32 bits per heavy atom. The summed E-state index contributed by atoms with van der Waals surface area (Å²) in [6, 6.07) is 5.57. The molecule has 2 heterocycles. The molecule has 0 saturated carbocycles. The van der Waals surface area contributed by atoms with E-state index in [9.17, 15) is 0 Å². The minimum absolute atomic E-state index is 0.486. The second kappa shape index (κ2) is 6.40. The first-order chi connectivity index (χ1) is 9.21. The Morgan fingerprint density at radius 3 is 2.79 bits per heavy atom. The molecule has 0 amide bonds. The second-order valence-corrected chi connectivity index (χ2v) is 4.43. The van der Waals surface area contributed by atoms with Crippen LogP contribution in [0, 0.1) is 4.64 Å². The molecular weight excluding hydrogens is 262 g/mol. The predicted octanol–water partition coefficient (Wildman–Crippen LogP) is 2.28. The molecule has 0 spiro atoms. The molecular formula is C13H15N3O2S. The average molecular weight is 277 g/mol.